The molecule has 2 aromatic heterocycles. The lowest BCUT2D eigenvalue weighted by Gasteiger charge is -2.14. The van der Waals surface area contributed by atoms with E-state index in [0.717, 1.165) is 25.9 Å². The van der Waals surface area contributed by atoms with Gasteiger partial charge in [-0.05, 0) is 43.2 Å². The average molecular weight is 490 g/mol. The number of aryl methyl sites for hydroxylation is 2. The molecule has 0 atom stereocenters. The van der Waals surface area contributed by atoms with Gasteiger partial charge in [0.1, 0.15) is 0 Å². The van der Waals surface area contributed by atoms with Gasteiger partial charge in [-0.25, -0.2) is 4.98 Å². The van der Waals surface area contributed by atoms with E-state index in [0.29, 0.717) is 35.3 Å². The molecule has 3 rings (SSSR count). The van der Waals surface area contributed by atoms with Gasteiger partial charge in [0, 0.05) is 23.1 Å². The van der Waals surface area contributed by atoms with E-state index in [1.807, 2.05) is 31.2 Å². The second kappa shape index (κ2) is 11.2. The van der Waals surface area contributed by atoms with Crippen LogP contribution in [0.3, 0.4) is 0 Å². The molecule has 2 amide bonds. The Morgan fingerprint density at radius 2 is 1.73 bits per heavy atom. The zero-order chi connectivity index (χ0) is 24.0. The van der Waals surface area contributed by atoms with Crippen LogP contribution in [0.5, 0.6) is 17.2 Å². The van der Waals surface area contributed by atoms with Crippen LogP contribution < -0.4 is 24.8 Å². The summed E-state index contributed by atoms with van der Waals surface area (Å²) in [5.41, 5.74) is 1.75. The number of amides is 2. The lowest BCUT2D eigenvalue weighted by Crippen LogP contribution is -2.17. The number of ether oxygens (including phenoxy) is 3. The van der Waals surface area contributed by atoms with Gasteiger partial charge in [-0.15, -0.1) is 22.7 Å². The predicted octanol–water partition coefficient (Wildman–Crippen LogP) is 4.41. The number of rotatable bonds is 10. The van der Waals surface area contributed by atoms with Gasteiger partial charge in [0.25, 0.3) is 0 Å². The van der Waals surface area contributed by atoms with Crippen molar-refractivity contribution in [1.29, 1.82) is 0 Å². The van der Waals surface area contributed by atoms with Gasteiger partial charge in [0.05, 0.1) is 38.4 Å². The molecule has 0 aliphatic carbocycles. The van der Waals surface area contributed by atoms with E-state index in [4.69, 9.17) is 14.2 Å². The minimum atomic E-state index is -0.124. The number of nitrogens with one attached hydrogen (secondary N) is 2. The summed E-state index contributed by atoms with van der Waals surface area (Å²) >= 11 is 3.02. The van der Waals surface area contributed by atoms with Crippen molar-refractivity contribution in [2.24, 2.45) is 0 Å². The van der Waals surface area contributed by atoms with Crippen molar-refractivity contribution in [2.45, 2.75) is 33.2 Å². The summed E-state index contributed by atoms with van der Waals surface area (Å²) in [4.78, 5) is 31.4. The fourth-order valence-corrected chi connectivity index (χ4v) is 5.11. The van der Waals surface area contributed by atoms with Gasteiger partial charge in [0.15, 0.2) is 16.6 Å². The van der Waals surface area contributed by atoms with Crippen LogP contribution in [-0.2, 0) is 22.6 Å². The van der Waals surface area contributed by atoms with Crippen LogP contribution in [0.4, 0.5) is 5.13 Å². The molecule has 0 unspecified atom stereocenters. The first-order chi connectivity index (χ1) is 15.8. The Bertz CT molecular complexity index is 1110. The zero-order valence-electron chi connectivity index (χ0n) is 19.2. The minimum Gasteiger partial charge on any atom is -0.493 e. The number of thiophene rings is 1. The Hall–Kier alpha value is -3.11. The van der Waals surface area contributed by atoms with Crippen LogP contribution in [0.25, 0.3) is 10.6 Å². The highest BCUT2D eigenvalue weighted by Crippen LogP contribution is 2.38. The quantitative estimate of drug-likeness (QED) is 0.438. The number of anilines is 1. The summed E-state index contributed by atoms with van der Waals surface area (Å²) in [7, 11) is 4.68. The highest BCUT2D eigenvalue weighted by atomic mass is 32.1. The second-order valence-electron chi connectivity index (χ2n) is 7.18. The SMILES string of the molecule is COc1cc(CCC(=O)Nc2nc(-c3ccc(CNC(C)=O)s3)c(C)s2)cc(OC)c1OC. The molecule has 0 saturated carbocycles. The molecule has 0 spiro atoms. The fraction of sp³-hybridized carbons (Fsp3) is 0.348. The Kier molecular flexibility index (Phi) is 8.29. The number of benzene rings is 1. The van der Waals surface area contributed by atoms with Crippen LogP contribution in [-0.4, -0.2) is 38.1 Å². The standard InChI is InChI=1S/C23H27N3O5S2/c1-13-21(19-8-7-16(33-19)12-24-14(2)27)26-23(32-13)25-20(28)9-6-15-10-17(29-3)22(31-5)18(11-15)30-4/h7-8,10-11H,6,9,12H2,1-5H3,(H,24,27)(H,25,26,28). The Balaban J connectivity index is 1.63. The van der Waals surface area contributed by atoms with E-state index in [1.54, 1.807) is 32.7 Å². The predicted molar refractivity (Wildman–Crippen MR) is 131 cm³/mol. The molecule has 8 nitrogen and oxygen atoms in total. The molecule has 0 bridgehead atoms. The molecular weight excluding hydrogens is 462 g/mol. The van der Waals surface area contributed by atoms with Crippen LogP contribution in [0.15, 0.2) is 24.3 Å². The maximum Gasteiger partial charge on any atom is 0.226 e. The highest BCUT2D eigenvalue weighted by molar-refractivity contribution is 7.18. The summed E-state index contributed by atoms with van der Waals surface area (Å²) in [5, 5.41) is 6.26. The summed E-state index contributed by atoms with van der Waals surface area (Å²) in [5.74, 6) is 1.45. The van der Waals surface area contributed by atoms with Crippen molar-refractivity contribution in [3.8, 4) is 27.8 Å². The van der Waals surface area contributed by atoms with E-state index in [2.05, 4.69) is 15.6 Å². The number of carbonyl (C=O) groups is 2. The number of aromatic nitrogens is 1. The number of hydrogen-bond acceptors (Lipinski definition) is 8. The monoisotopic (exact) mass is 489 g/mol. The number of methoxy groups -OCH3 is 3. The third-order valence-electron chi connectivity index (χ3n) is 4.81. The fourth-order valence-electron chi connectivity index (χ4n) is 3.21. The summed E-state index contributed by atoms with van der Waals surface area (Å²) in [6.07, 6.45) is 0.795. The third-order valence-corrected chi connectivity index (χ3v) is 6.79. The lowest BCUT2D eigenvalue weighted by molar-refractivity contribution is -0.119. The van der Waals surface area contributed by atoms with Crippen LogP contribution in [0.1, 0.15) is 28.7 Å². The minimum absolute atomic E-state index is 0.0636. The summed E-state index contributed by atoms with van der Waals surface area (Å²) < 4.78 is 16.1. The molecule has 0 aliphatic heterocycles. The molecule has 0 saturated heterocycles. The van der Waals surface area contributed by atoms with Crippen molar-refractivity contribution in [1.82, 2.24) is 10.3 Å². The average Bonchev–Trinajstić information content (AvgIpc) is 3.41. The van der Waals surface area contributed by atoms with Crippen molar-refractivity contribution in [2.75, 3.05) is 26.6 Å². The maximum atomic E-state index is 12.6. The van der Waals surface area contributed by atoms with Gasteiger partial charge in [-0.1, -0.05) is 0 Å². The topological polar surface area (TPSA) is 98.8 Å². The molecule has 2 heterocycles. The number of hydrogen-bond donors (Lipinski definition) is 2. The third kappa shape index (κ3) is 6.23. The van der Waals surface area contributed by atoms with Crippen LogP contribution in [0, 0.1) is 6.92 Å². The van der Waals surface area contributed by atoms with Crippen molar-refractivity contribution >= 4 is 39.6 Å². The number of carbonyl (C=O) groups excluding carboxylic acids is 2. The first-order valence-corrected chi connectivity index (χ1v) is 11.9. The van der Waals surface area contributed by atoms with Crippen molar-refractivity contribution < 1.29 is 23.8 Å². The van der Waals surface area contributed by atoms with E-state index in [1.165, 1.54) is 18.3 Å². The van der Waals surface area contributed by atoms with E-state index in [-0.39, 0.29) is 18.2 Å². The largest absolute Gasteiger partial charge is 0.493 e. The molecule has 0 aliphatic rings. The zero-order valence-corrected chi connectivity index (χ0v) is 20.9. The van der Waals surface area contributed by atoms with Gasteiger partial charge in [0.2, 0.25) is 17.6 Å². The molecule has 0 radical (unpaired) electrons. The van der Waals surface area contributed by atoms with Crippen LogP contribution >= 0.6 is 22.7 Å². The highest BCUT2D eigenvalue weighted by Gasteiger charge is 2.16. The van der Waals surface area contributed by atoms with Gasteiger partial charge < -0.3 is 24.8 Å². The number of thiazole rings is 1. The first-order valence-electron chi connectivity index (χ1n) is 10.2. The van der Waals surface area contributed by atoms with E-state index >= 15 is 0 Å². The molecule has 3 aromatic rings. The van der Waals surface area contributed by atoms with E-state index < -0.39 is 0 Å². The molecule has 10 heteroatoms. The molecule has 33 heavy (non-hydrogen) atoms. The summed E-state index contributed by atoms with van der Waals surface area (Å²) in [6.45, 7) is 3.97. The Morgan fingerprint density at radius 1 is 1.03 bits per heavy atom. The molecule has 2 N–H and O–H groups in total. The van der Waals surface area contributed by atoms with Crippen molar-refractivity contribution in [3.05, 3.63) is 39.6 Å². The van der Waals surface area contributed by atoms with Crippen molar-refractivity contribution in [3.63, 3.8) is 0 Å². The van der Waals surface area contributed by atoms with Gasteiger partial charge >= 0.3 is 0 Å². The van der Waals surface area contributed by atoms with Gasteiger partial charge in [-0.2, -0.15) is 0 Å². The first kappa shape index (κ1) is 24.5. The smallest absolute Gasteiger partial charge is 0.226 e. The molecular formula is C23H27N3O5S2. The Morgan fingerprint density at radius 3 is 2.33 bits per heavy atom. The molecule has 1 aromatic carbocycles. The molecule has 176 valence electrons. The maximum absolute atomic E-state index is 12.6. The van der Waals surface area contributed by atoms with E-state index in [9.17, 15) is 9.59 Å². The lowest BCUT2D eigenvalue weighted by atomic mass is 10.1. The molecule has 0 fully saturated rings. The van der Waals surface area contributed by atoms with Gasteiger partial charge in [-0.3, -0.25) is 9.59 Å². The Labute approximate surface area is 200 Å². The van der Waals surface area contributed by atoms with Crippen LogP contribution in [0.2, 0.25) is 0 Å². The summed E-state index contributed by atoms with van der Waals surface area (Å²) in [6, 6.07) is 7.65. The number of nitrogens with zero attached hydrogens (tertiary/aromatic N) is 1. The normalized spacial score (nSPS) is 10.6. The second-order valence-corrected chi connectivity index (χ2v) is 9.55.